The van der Waals surface area contributed by atoms with Crippen LogP contribution in [0.2, 0.25) is 0 Å². The highest BCUT2D eigenvalue weighted by Crippen LogP contribution is 2.32. The Balaban J connectivity index is 1.95. The number of Topliss-reactive ketones (excluding diaryl/α,β-unsaturated/α-hetero) is 2. The van der Waals surface area contributed by atoms with Crippen LogP contribution in [0, 0.1) is 0 Å². The number of rotatable bonds is 5. The summed E-state index contributed by atoms with van der Waals surface area (Å²) < 4.78 is 11.2. The Bertz CT molecular complexity index is 827. The van der Waals surface area contributed by atoms with Crippen LogP contribution in [0.3, 0.4) is 0 Å². The zero-order chi connectivity index (χ0) is 18.0. The highest BCUT2D eigenvalue weighted by molar-refractivity contribution is 6.41. The number of hydrogen-bond donors (Lipinski definition) is 0. The number of allylic oxidation sites excluding steroid dienone is 1. The molecule has 1 aliphatic carbocycles. The number of ether oxygens (including phenoxy) is 2. The summed E-state index contributed by atoms with van der Waals surface area (Å²) >= 11 is 0. The molecule has 3 rings (SSSR count). The number of ketones is 2. The van der Waals surface area contributed by atoms with E-state index in [1.165, 1.54) is 0 Å². The van der Waals surface area contributed by atoms with E-state index in [4.69, 9.17) is 9.47 Å². The Morgan fingerprint density at radius 1 is 1.00 bits per heavy atom. The molecule has 1 atom stereocenters. The molecule has 0 aromatic heterocycles. The SMILES string of the molecule is CC[C@H](C)Oc1ccc(C=C2C(=O)c3ccccc3C2=O)cc1OC. The fraction of sp³-hybridized carbons (Fsp3) is 0.238. The molecule has 0 saturated heterocycles. The second-order valence-electron chi connectivity index (χ2n) is 6.01. The molecule has 4 heteroatoms. The van der Waals surface area contributed by atoms with Gasteiger partial charge in [0.05, 0.1) is 18.8 Å². The molecule has 0 unspecified atom stereocenters. The Kier molecular flexibility index (Phi) is 4.70. The largest absolute Gasteiger partial charge is 0.493 e. The average Bonchev–Trinajstić information content (AvgIpc) is 2.88. The predicted molar refractivity (Wildman–Crippen MR) is 96.5 cm³/mol. The molecule has 0 fully saturated rings. The summed E-state index contributed by atoms with van der Waals surface area (Å²) in [5.74, 6) is 0.746. The molecule has 2 aromatic rings. The smallest absolute Gasteiger partial charge is 0.197 e. The maximum atomic E-state index is 12.5. The van der Waals surface area contributed by atoms with Crippen molar-refractivity contribution in [3.05, 3.63) is 64.7 Å². The monoisotopic (exact) mass is 336 g/mol. The lowest BCUT2D eigenvalue weighted by molar-refractivity contribution is 0.0990. The van der Waals surface area contributed by atoms with Crippen LogP contribution < -0.4 is 9.47 Å². The Morgan fingerprint density at radius 3 is 2.20 bits per heavy atom. The van der Waals surface area contributed by atoms with Crippen molar-refractivity contribution < 1.29 is 19.1 Å². The topological polar surface area (TPSA) is 52.6 Å². The first-order valence-corrected chi connectivity index (χ1v) is 8.30. The highest BCUT2D eigenvalue weighted by Gasteiger charge is 2.32. The first-order chi connectivity index (χ1) is 12.0. The van der Waals surface area contributed by atoms with Gasteiger partial charge in [-0.05, 0) is 37.1 Å². The minimum atomic E-state index is -0.237. The van der Waals surface area contributed by atoms with Crippen LogP contribution in [0.5, 0.6) is 11.5 Å². The van der Waals surface area contributed by atoms with Crippen molar-refractivity contribution in [3.8, 4) is 11.5 Å². The summed E-state index contributed by atoms with van der Waals surface area (Å²) in [6, 6.07) is 12.3. The molecule has 1 aliphatic rings. The van der Waals surface area contributed by atoms with E-state index < -0.39 is 0 Å². The van der Waals surface area contributed by atoms with Gasteiger partial charge in [0.2, 0.25) is 0 Å². The fourth-order valence-electron chi connectivity index (χ4n) is 2.74. The third-order valence-corrected chi connectivity index (χ3v) is 4.31. The molecule has 2 aromatic carbocycles. The Hall–Kier alpha value is -2.88. The lowest BCUT2D eigenvalue weighted by Crippen LogP contribution is -2.10. The maximum Gasteiger partial charge on any atom is 0.197 e. The van der Waals surface area contributed by atoms with Crippen LogP contribution in [0.4, 0.5) is 0 Å². The number of fused-ring (bicyclic) bond motifs is 1. The third kappa shape index (κ3) is 3.20. The van der Waals surface area contributed by atoms with Crippen molar-refractivity contribution in [2.75, 3.05) is 7.11 Å². The number of methoxy groups -OCH3 is 1. The molecule has 0 amide bonds. The molecule has 0 aliphatic heterocycles. The van der Waals surface area contributed by atoms with Gasteiger partial charge in [-0.2, -0.15) is 0 Å². The molecule has 25 heavy (non-hydrogen) atoms. The molecule has 0 saturated carbocycles. The number of benzene rings is 2. The van der Waals surface area contributed by atoms with E-state index in [9.17, 15) is 9.59 Å². The molecule has 4 nitrogen and oxygen atoms in total. The Labute approximate surface area is 147 Å². The average molecular weight is 336 g/mol. The number of hydrogen-bond acceptors (Lipinski definition) is 4. The standard InChI is InChI=1S/C21H20O4/c1-4-13(2)25-18-10-9-14(12-19(18)24-3)11-17-20(22)15-7-5-6-8-16(15)21(17)23/h5-13H,4H2,1-3H3/t13-/m0/s1. The zero-order valence-corrected chi connectivity index (χ0v) is 14.5. The van der Waals surface area contributed by atoms with Crippen molar-refractivity contribution in [2.24, 2.45) is 0 Å². The normalized spacial score (nSPS) is 14.3. The van der Waals surface area contributed by atoms with Gasteiger partial charge in [0, 0.05) is 11.1 Å². The van der Waals surface area contributed by atoms with Crippen LogP contribution in [0.15, 0.2) is 48.0 Å². The van der Waals surface area contributed by atoms with E-state index in [0.717, 1.165) is 12.0 Å². The summed E-state index contributed by atoms with van der Waals surface area (Å²) in [7, 11) is 1.57. The van der Waals surface area contributed by atoms with E-state index in [1.807, 2.05) is 19.9 Å². The van der Waals surface area contributed by atoms with Crippen molar-refractivity contribution in [2.45, 2.75) is 26.4 Å². The van der Waals surface area contributed by atoms with Gasteiger partial charge in [-0.3, -0.25) is 9.59 Å². The van der Waals surface area contributed by atoms with Gasteiger partial charge >= 0.3 is 0 Å². The maximum absolute atomic E-state index is 12.5. The number of carbonyl (C=O) groups is 2. The predicted octanol–water partition coefficient (Wildman–Crippen LogP) is 4.34. The van der Waals surface area contributed by atoms with Gasteiger partial charge in [0.25, 0.3) is 0 Å². The van der Waals surface area contributed by atoms with Crippen LogP contribution in [0.1, 0.15) is 46.5 Å². The van der Waals surface area contributed by atoms with Gasteiger partial charge < -0.3 is 9.47 Å². The molecular formula is C21H20O4. The fourth-order valence-corrected chi connectivity index (χ4v) is 2.74. The first kappa shape index (κ1) is 17.0. The first-order valence-electron chi connectivity index (χ1n) is 8.30. The molecule has 0 N–H and O–H groups in total. The van der Waals surface area contributed by atoms with Crippen molar-refractivity contribution in [1.29, 1.82) is 0 Å². The van der Waals surface area contributed by atoms with Crippen LogP contribution >= 0.6 is 0 Å². The third-order valence-electron chi connectivity index (χ3n) is 4.31. The summed E-state index contributed by atoms with van der Waals surface area (Å²) in [6.07, 6.45) is 2.57. The lowest BCUT2D eigenvalue weighted by Gasteiger charge is -2.15. The molecule has 0 radical (unpaired) electrons. The van der Waals surface area contributed by atoms with E-state index in [0.29, 0.717) is 22.6 Å². The zero-order valence-electron chi connectivity index (χ0n) is 14.5. The number of carbonyl (C=O) groups excluding carboxylic acids is 2. The molecular weight excluding hydrogens is 316 g/mol. The molecule has 128 valence electrons. The summed E-state index contributed by atoms with van der Waals surface area (Å²) in [5, 5.41) is 0. The van der Waals surface area contributed by atoms with Crippen molar-refractivity contribution in [1.82, 2.24) is 0 Å². The quantitative estimate of drug-likeness (QED) is 0.602. The summed E-state index contributed by atoms with van der Waals surface area (Å²) in [5.41, 5.74) is 1.82. The second kappa shape index (κ2) is 6.93. The summed E-state index contributed by atoms with van der Waals surface area (Å²) in [6.45, 7) is 4.04. The van der Waals surface area contributed by atoms with E-state index in [-0.39, 0.29) is 23.2 Å². The second-order valence-corrected chi connectivity index (χ2v) is 6.01. The minimum Gasteiger partial charge on any atom is -0.493 e. The molecule has 0 heterocycles. The van der Waals surface area contributed by atoms with Gasteiger partial charge in [-0.25, -0.2) is 0 Å². The van der Waals surface area contributed by atoms with Gasteiger partial charge in [-0.1, -0.05) is 37.3 Å². The van der Waals surface area contributed by atoms with E-state index >= 15 is 0 Å². The molecule has 0 bridgehead atoms. The van der Waals surface area contributed by atoms with E-state index in [1.54, 1.807) is 49.6 Å². The van der Waals surface area contributed by atoms with Crippen LogP contribution in [-0.4, -0.2) is 24.8 Å². The summed E-state index contributed by atoms with van der Waals surface area (Å²) in [4.78, 5) is 24.9. The van der Waals surface area contributed by atoms with Gasteiger partial charge in [0.15, 0.2) is 23.1 Å². The van der Waals surface area contributed by atoms with Crippen LogP contribution in [-0.2, 0) is 0 Å². The van der Waals surface area contributed by atoms with Crippen LogP contribution in [0.25, 0.3) is 6.08 Å². The minimum absolute atomic E-state index is 0.0746. The van der Waals surface area contributed by atoms with Crippen molar-refractivity contribution >= 4 is 17.6 Å². The van der Waals surface area contributed by atoms with Crippen molar-refractivity contribution in [3.63, 3.8) is 0 Å². The van der Waals surface area contributed by atoms with E-state index in [2.05, 4.69) is 0 Å². The Morgan fingerprint density at radius 2 is 1.64 bits per heavy atom. The van der Waals surface area contributed by atoms with Gasteiger partial charge in [-0.15, -0.1) is 0 Å². The van der Waals surface area contributed by atoms with Gasteiger partial charge in [0.1, 0.15) is 0 Å². The highest BCUT2D eigenvalue weighted by atomic mass is 16.5. The lowest BCUT2D eigenvalue weighted by atomic mass is 10.1. The molecule has 0 spiro atoms.